The Morgan fingerprint density at radius 2 is 1.67 bits per heavy atom. The highest BCUT2D eigenvalue weighted by Gasteiger charge is 2.20. The van der Waals surface area contributed by atoms with E-state index >= 15 is 0 Å². The van der Waals surface area contributed by atoms with Crippen LogP contribution in [0.4, 0.5) is 5.69 Å². The molecule has 0 unspecified atom stereocenters. The number of rotatable bonds is 5. The van der Waals surface area contributed by atoms with Gasteiger partial charge in [0.25, 0.3) is 5.91 Å². The number of ketones is 1. The number of amides is 1. The van der Waals surface area contributed by atoms with Crippen LogP contribution in [0.15, 0.2) is 71.1 Å². The average molecular weight is 399 g/mol. The molecule has 0 aliphatic heterocycles. The first-order valence-electron chi connectivity index (χ1n) is 9.57. The first-order valence-corrected chi connectivity index (χ1v) is 9.57. The number of para-hydroxylation sites is 1. The topological polar surface area (TPSA) is 68.5 Å². The smallest absolute Gasteiger partial charge is 0.259 e. The summed E-state index contributed by atoms with van der Waals surface area (Å²) in [5.74, 6) is 0.371. The minimum atomic E-state index is -0.274. The van der Waals surface area contributed by atoms with Gasteiger partial charge in [0.15, 0.2) is 5.76 Å². The molecule has 1 heterocycles. The zero-order chi connectivity index (χ0) is 21.3. The van der Waals surface area contributed by atoms with Gasteiger partial charge < -0.3 is 14.5 Å². The number of hydrogen-bond donors (Lipinski definition) is 1. The zero-order valence-electron chi connectivity index (χ0n) is 17.0. The molecule has 0 aliphatic carbocycles. The van der Waals surface area contributed by atoms with Gasteiger partial charge in [0, 0.05) is 22.2 Å². The highest BCUT2D eigenvalue weighted by Crippen LogP contribution is 2.30. The third kappa shape index (κ3) is 3.57. The molecule has 0 bridgehead atoms. The molecule has 0 spiro atoms. The van der Waals surface area contributed by atoms with Gasteiger partial charge in [-0.1, -0.05) is 42.0 Å². The van der Waals surface area contributed by atoms with Gasteiger partial charge in [-0.15, -0.1) is 0 Å². The van der Waals surface area contributed by atoms with Crippen molar-refractivity contribution in [2.24, 2.45) is 0 Å². The van der Waals surface area contributed by atoms with Gasteiger partial charge in [-0.2, -0.15) is 0 Å². The fourth-order valence-corrected chi connectivity index (χ4v) is 3.38. The third-order valence-corrected chi connectivity index (χ3v) is 5.07. The lowest BCUT2D eigenvalue weighted by molar-refractivity contribution is 0.101. The molecule has 4 aromatic rings. The molecule has 0 atom stereocenters. The fourth-order valence-electron chi connectivity index (χ4n) is 3.38. The number of anilines is 1. The number of carbonyl (C=O) groups excluding carboxylic acids is 2. The molecule has 1 N–H and O–H groups in total. The number of furan rings is 1. The highest BCUT2D eigenvalue weighted by atomic mass is 16.5. The van der Waals surface area contributed by atoms with Gasteiger partial charge in [0.05, 0.1) is 12.7 Å². The Hall–Kier alpha value is -3.86. The summed E-state index contributed by atoms with van der Waals surface area (Å²) < 4.78 is 11.1. The van der Waals surface area contributed by atoms with E-state index in [2.05, 4.69) is 5.32 Å². The number of nitrogens with one attached hydrogen (secondary N) is 1. The Morgan fingerprint density at radius 3 is 2.40 bits per heavy atom. The van der Waals surface area contributed by atoms with Crippen molar-refractivity contribution in [3.05, 3.63) is 94.7 Å². The Morgan fingerprint density at radius 1 is 0.933 bits per heavy atom. The molecule has 4 rings (SSSR count). The van der Waals surface area contributed by atoms with Crippen LogP contribution in [0.25, 0.3) is 11.0 Å². The molecule has 0 saturated carbocycles. The minimum Gasteiger partial charge on any atom is -0.496 e. The maximum atomic E-state index is 12.9. The lowest BCUT2D eigenvalue weighted by Crippen LogP contribution is -2.13. The normalized spacial score (nSPS) is 10.8. The van der Waals surface area contributed by atoms with Crippen LogP contribution < -0.4 is 10.1 Å². The van der Waals surface area contributed by atoms with E-state index in [-0.39, 0.29) is 11.7 Å². The monoisotopic (exact) mass is 399 g/mol. The lowest BCUT2D eigenvalue weighted by atomic mass is 10.0. The van der Waals surface area contributed by atoms with E-state index in [9.17, 15) is 9.59 Å². The Balaban J connectivity index is 1.65. The van der Waals surface area contributed by atoms with Crippen LogP contribution in [0.3, 0.4) is 0 Å². The van der Waals surface area contributed by atoms with Crippen LogP contribution in [-0.4, -0.2) is 18.8 Å². The molecule has 150 valence electrons. The largest absolute Gasteiger partial charge is 0.496 e. The van der Waals surface area contributed by atoms with Gasteiger partial charge in [0.2, 0.25) is 5.78 Å². The second-order valence-corrected chi connectivity index (χ2v) is 7.12. The van der Waals surface area contributed by atoms with Crippen LogP contribution in [0.1, 0.15) is 37.6 Å². The number of hydrogen-bond acceptors (Lipinski definition) is 4. The summed E-state index contributed by atoms with van der Waals surface area (Å²) in [5, 5.41) is 3.66. The number of fused-ring (bicyclic) bond motifs is 1. The van der Waals surface area contributed by atoms with E-state index in [0.29, 0.717) is 33.9 Å². The van der Waals surface area contributed by atoms with Gasteiger partial charge in [-0.3, -0.25) is 9.59 Å². The lowest BCUT2D eigenvalue weighted by Gasteiger charge is -2.09. The van der Waals surface area contributed by atoms with Crippen LogP contribution in [-0.2, 0) is 0 Å². The number of carbonyl (C=O) groups is 2. The van der Waals surface area contributed by atoms with Crippen molar-refractivity contribution < 1.29 is 18.7 Å². The van der Waals surface area contributed by atoms with E-state index in [4.69, 9.17) is 9.15 Å². The van der Waals surface area contributed by atoms with Gasteiger partial charge >= 0.3 is 0 Å². The van der Waals surface area contributed by atoms with Crippen molar-refractivity contribution >= 4 is 28.3 Å². The predicted octanol–water partition coefficient (Wildman–Crippen LogP) is 5.54. The molecule has 0 radical (unpaired) electrons. The maximum Gasteiger partial charge on any atom is 0.259 e. The van der Waals surface area contributed by atoms with Crippen molar-refractivity contribution in [1.29, 1.82) is 0 Å². The molecule has 1 amide bonds. The standard InChI is InChI=1S/C25H21NO4/c1-15-8-10-17(11-9-15)23(27)24-16(2)20-14-18(12-13-22(20)30-24)26-25(28)19-6-4-5-7-21(19)29-3/h4-14H,1-3H3,(H,26,28). The third-order valence-electron chi connectivity index (χ3n) is 5.07. The van der Waals surface area contributed by atoms with E-state index < -0.39 is 0 Å². The summed E-state index contributed by atoms with van der Waals surface area (Å²) in [6.45, 7) is 3.82. The summed E-state index contributed by atoms with van der Waals surface area (Å²) in [4.78, 5) is 25.6. The van der Waals surface area contributed by atoms with Crippen LogP contribution >= 0.6 is 0 Å². The zero-order valence-corrected chi connectivity index (χ0v) is 17.0. The molecule has 30 heavy (non-hydrogen) atoms. The van der Waals surface area contributed by atoms with Crippen LogP contribution in [0.5, 0.6) is 5.75 Å². The van der Waals surface area contributed by atoms with Crippen molar-refractivity contribution in [3.8, 4) is 5.75 Å². The summed E-state index contributed by atoms with van der Waals surface area (Å²) in [6.07, 6.45) is 0. The molecule has 0 saturated heterocycles. The number of ether oxygens (including phenoxy) is 1. The molecule has 5 nitrogen and oxygen atoms in total. The number of aryl methyl sites for hydroxylation is 2. The van der Waals surface area contributed by atoms with Crippen molar-refractivity contribution in [3.63, 3.8) is 0 Å². The van der Waals surface area contributed by atoms with E-state index in [1.54, 1.807) is 42.5 Å². The summed E-state index contributed by atoms with van der Waals surface area (Å²) in [5.41, 5.74) is 4.05. The van der Waals surface area contributed by atoms with Crippen LogP contribution in [0, 0.1) is 13.8 Å². The summed E-state index contributed by atoms with van der Waals surface area (Å²) in [7, 11) is 1.53. The van der Waals surface area contributed by atoms with E-state index in [0.717, 1.165) is 16.5 Å². The Labute approximate surface area is 174 Å². The van der Waals surface area contributed by atoms with E-state index in [1.165, 1.54) is 7.11 Å². The second-order valence-electron chi connectivity index (χ2n) is 7.12. The first kappa shape index (κ1) is 19.5. The quantitative estimate of drug-likeness (QED) is 0.447. The summed E-state index contributed by atoms with van der Waals surface area (Å²) in [6, 6.07) is 19.7. The van der Waals surface area contributed by atoms with Gasteiger partial charge in [-0.25, -0.2) is 0 Å². The Kier molecular flexibility index (Phi) is 5.11. The molecule has 0 aliphatic rings. The fraction of sp³-hybridized carbons (Fsp3) is 0.120. The predicted molar refractivity (Wildman–Crippen MR) is 117 cm³/mol. The van der Waals surface area contributed by atoms with Gasteiger partial charge in [0.1, 0.15) is 11.3 Å². The number of methoxy groups -OCH3 is 1. The van der Waals surface area contributed by atoms with Crippen LogP contribution in [0.2, 0.25) is 0 Å². The molecular weight excluding hydrogens is 378 g/mol. The minimum absolute atomic E-state index is 0.164. The Bertz CT molecular complexity index is 1250. The molecule has 3 aromatic carbocycles. The first-order chi connectivity index (χ1) is 14.5. The molecule has 5 heteroatoms. The van der Waals surface area contributed by atoms with Crippen molar-refractivity contribution in [1.82, 2.24) is 0 Å². The molecule has 0 fully saturated rings. The molecular formula is C25H21NO4. The second kappa shape index (κ2) is 7.87. The summed E-state index contributed by atoms with van der Waals surface area (Å²) >= 11 is 0. The maximum absolute atomic E-state index is 12.9. The SMILES string of the molecule is COc1ccccc1C(=O)Nc1ccc2oc(C(=O)c3ccc(C)cc3)c(C)c2c1. The van der Waals surface area contributed by atoms with Crippen molar-refractivity contribution in [2.45, 2.75) is 13.8 Å². The van der Waals surface area contributed by atoms with Gasteiger partial charge in [-0.05, 0) is 44.2 Å². The van der Waals surface area contributed by atoms with E-state index in [1.807, 2.05) is 38.1 Å². The highest BCUT2D eigenvalue weighted by molar-refractivity contribution is 6.11. The molecule has 1 aromatic heterocycles. The van der Waals surface area contributed by atoms with Crippen molar-refractivity contribution in [2.75, 3.05) is 12.4 Å². The average Bonchev–Trinajstić information content (AvgIpc) is 3.09. The number of benzene rings is 3.